The Labute approximate surface area is 111 Å². The Hall–Kier alpha value is -1.88. The van der Waals surface area contributed by atoms with Gasteiger partial charge in [0.25, 0.3) is 5.91 Å². The van der Waals surface area contributed by atoms with E-state index in [2.05, 4.69) is 20.2 Å². The van der Waals surface area contributed by atoms with Crippen LogP contribution < -0.4 is 5.32 Å². The number of carbonyl (C=O) groups excluding carboxylic acids is 1. The number of hydrogen-bond donors (Lipinski definition) is 2. The number of amides is 1. The first-order valence-electron chi connectivity index (χ1n) is 6.77. The van der Waals surface area contributed by atoms with Crippen LogP contribution in [0.15, 0.2) is 24.4 Å². The molecule has 0 aromatic carbocycles. The average molecular weight is 256 g/mol. The Morgan fingerprint density at radius 3 is 3.11 bits per heavy atom. The van der Waals surface area contributed by atoms with E-state index >= 15 is 0 Å². The molecule has 3 atom stereocenters. The minimum atomic E-state index is -0.0538. The van der Waals surface area contributed by atoms with Gasteiger partial charge in [-0.05, 0) is 37.1 Å². The highest BCUT2D eigenvalue weighted by Crippen LogP contribution is 2.27. The van der Waals surface area contributed by atoms with Gasteiger partial charge in [0.05, 0.1) is 11.0 Å². The van der Waals surface area contributed by atoms with Crippen molar-refractivity contribution in [3.8, 4) is 0 Å². The van der Waals surface area contributed by atoms with E-state index in [1.54, 1.807) is 6.07 Å². The minimum Gasteiger partial charge on any atom is -0.360 e. The molecule has 1 amide bonds. The molecular formula is C14H16N4O. The van der Waals surface area contributed by atoms with E-state index in [0.717, 1.165) is 24.1 Å². The van der Waals surface area contributed by atoms with Crippen LogP contribution in [0.4, 0.5) is 0 Å². The summed E-state index contributed by atoms with van der Waals surface area (Å²) in [7, 11) is 0. The van der Waals surface area contributed by atoms with Crippen molar-refractivity contribution < 1.29 is 4.79 Å². The monoisotopic (exact) mass is 256 g/mol. The van der Waals surface area contributed by atoms with Crippen LogP contribution in [0.25, 0.3) is 11.0 Å². The summed E-state index contributed by atoms with van der Waals surface area (Å²) in [4.78, 5) is 22.1. The van der Waals surface area contributed by atoms with Gasteiger partial charge in [0.2, 0.25) is 0 Å². The normalized spacial score (nSPS) is 28.9. The fourth-order valence-corrected chi connectivity index (χ4v) is 3.25. The third-order valence-electron chi connectivity index (χ3n) is 4.29. The van der Waals surface area contributed by atoms with Gasteiger partial charge in [-0.2, -0.15) is 0 Å². The number of fused-ring (bicyclic) bond motifs is 3. The summed E-state index contributed by atoms with van der Waals surface area (Å²) in [5, 5.41) is 3.13. The zero-order chi connectivity index (χ0) is 12.8. The molecule has 2 aliphatic heterocycles. The summed E-state index contributed by atoms with van der Waals surface area (Å²) >= 11 is 0. The first-order chi connectivity index (χ1) is 9.29. The molecule has 98 valence electrons. The molecule has 5 heteroatoms. The second kappa shape index (κ2) is 4.06. The maximum atomic E-state index is 12.2. The Balaban J connectivity index is 1.53. The third-order valence-corrected chi connectivity index (χ3v) is 4.29. The Morgan fingerprint density at radius 1 is 1.37 bits per heavy atom. The van der Waals surface area contributed by atoms with Crippen LogP contribution in [0.3, 0.4) is 0 Å². The van der Waals surface area contributed by atoms with Crippen molar-refractivity contribution in [2.75, 3.05) is 19.6 Å². The van der Waals surface area contributed by atoms with Gasteiger partial charge in [0.1, 0.15) is 5.69 Å². The predicted octanol–water partition coefficient (Wildman–Crippen LogP) is 0.997. The van der Waals surface area contributed by atoms with Gasteiger partial charge in [-0.1, -0.05) is 0 Å². The number of H-pyrrole nitrogens is 1. The molecule has 3 unspecified atom stereocenters. The van der Waals surface area contributed by atoms with E-state index in [4.69, 9.17) is 0 Å². The van der Waals surface area contributed by atoms with Crippen LogP contribution in [-0.2, 0) is 0 Å². The summed E-state index contributed by atoms with van der Waals surface area (Å²) in [6.45, 7) is 3.31. The molecular weight excluding hydrogens is 240 g/mol. The van der Waals surface area contributed by atoms with Crippen LogP contribution >= 0.6 is 0 Å². The summed E-state index contributed by atoms with van der Waals surface area (Å²) in [5.74, 6) is 0.571. The summed E-state index contributed by atoms with van der Waals surface area (Å²) in [6.07, 6.45) is 3.04. The number of piperidine rings is 1. The molecule has 2 aliphatic rings. The van der Waals surface area contributed by atoms with Crippen LogP contribution in [0, 0.1) is 5.92 Å². The first kappa shape index (κ1) is 11.0. The van der Waals surface area contributed by atoms with E-state index in [-0.39, 0.29) is 5.91 Å². The van der Waals surface area contributed by atoms with Crippen molar-refractivity contribution in [3.63, 3.8) is 0 Å². The Bertz CT molecular complexity index is 635. The lowest BCUT2D eigenvalue weighted by Gasteiger charge is -2.22. The minimum absolute atomic E-state index is 0.0538. The summed E-state index contributed by atoms with van der Waals surface area (Å²) in [6, 6.07) is 5.86. The van der Waals surface area contributed by atoms with Crippen molar-refractivity contribution in [1.82, 2.24) is 20.2 Å². The fraction of sp³-hybridized carbons (Fsp3) is 0.429. The molecule has 2 fully saturated rings. The lowest BCUT2D eigenvalue weighted by molar-refractivity contribution is 0.0919. The molecule has 5 nitrogen and oxygen atoms in total. The van der Waals surface area contributed by atoms with Crippen molar-refractivity contribution in [3.05, 3.63) is 30.1 Å². The molecule has 2 bridgehead atoms. The Kier molecular flexibility index (Phi) is 2.35. The second-order valence-electron chi connectivity index (χ2n) is 5.50. The number of aromatic nitrogens is 2. The van der Waals surface area contributed by atoms with Crippen molar-refractivity contribution in [2.45, 2.75) is 12.5 Å². The molecule has 2 N–H and O–H groups in total. The highest BCUT2D eigenvalue weighted by molar-refractivity contribution is 5.94. The largest absolute Gasteiger partial charge is 0.360 e. The van der Waals surface area contributed by atoms with Gasteiger partial charge in [0, 0.05) is 25.3 Å². The maximum Gasteiger partial charge on any atom is 0.270 e. The quantitative estimate of drug-likeness (QED) is 0.842. The molecule has 0 saturated carbocycles. The van der Waals surface area contributed by atoms with Gasteiger partial charge in [-0.25, -0.2) is 4.98 Å². The molecule has 2 aromatic rings. The van der Waals surface area contributed by atoms with E-state index in [1.807, 2.05) is 18.3 Å². The molecule has 4 rings (SSSR count). The lowest BCUT2D eigenvalue weighted by Crippen LogP contribution is -2.43. The highest BCUT2D eigenvalue weighted by Gasteiger charge is 2.38. The Morgan fingerprint density at radius 2 is 2.32 bits per heavy atom. The SMILES string of the molecule is O=C(NC1CN2CCC1C2)c1ccc2[nH]ccc2n1. The van der Waals surface area contributed by atoms with E-state index in [1.165, 1.54) is 13.0 Å². The number of rotatable bonds is 2. The molecule has 0 spiro atoms. The topological polar surface area (TPSA) is 61.0 Å². The van der Waals surface area contributed by atoms with Crippen LogP contribution in [0.5, 0.6) is 0 Å². The lowest BCUT2D eigenvalue weighted by atomic mass is 10.00. The van der Waals surface area contributed by atoms with Crippen molar-refractivity contribution >= 4 is 16.9 Å². The van der Waals surface area contributed by atoms with Gasteiger partial charge in [-0.15, -0.1) is 0 Å². The number of nitrogens with zero attached hydrogens (tertiary/aromatic N) is 2. The number of carbonyl (C=O) groups is 1. The number of pyridine rings is 1. The number of hydrogen-bond acceptors (Lipinski definition) is 3. The van der Waals surface area contributed by atoms with E-state index in [9.17, 15) is 4.79 Å². The first-order valence-corrected chi connectivity index (χ1v) is 6.77. The predicted molar refractivity (Wildman–Crippen MR) is 71.9 cm³/mol. The van der Waals surface area contributed by atoms with Gasteiger partial charge in [-0.3, -0.25) is 4.79 Å². The second-order valence-corrected chi connectivity index (χ2v) is 5.50. The van der Waals surface area contributed by atoms with Crippen LogP contribution in [0.2, 0.25) is 0 Å². The zero-order valence-corrected chi connectivity index (χ0v) is 10.6. The smallest absolute Gasteiger partial charge is 0.270 e. The van der Waals surface area contributed by atoms with Gasteiger partial charge < -0.3 is 15.2 Å². The average Bonchev–Trinajstić information content (AvgIpc) is 3.13. The summed E-state index contributed by atoms with van der Waals surface area (Å²) < 4.78 is 0. The van der Waals surface area contributed by atoms with E-state index < -0.39 is 0 Å². The van der Waals surface area contributed by atoms with Gasteiger partial charge >= 0.3 is 0 Å². The zero-order valence-electron chi connectivity index (χ0n) is 10.6. The van der Waals surface area contributed by atoms with Crippen molar-refractivity contribution in [1.29, 1.82) is 0 Å². The van der Waals surface area contributed by atoms with Crippen LogP contribution in [0.1, 0.15) is 16.9 Å². The molecule has 0 radical (unpaired) electrons. The fourth-order valence-electron chi connectivity index (χ4n) is 3.25. The van der Waals surface area contributed by atoms with E-state index in [0.29, 0.717) is 17.7 Å². The maximum absolute atomic E-state index is 12.2. The highest BCUT2D eigenvalue weighted by atomic mass is 16.2. The van der Waals surface area contributed by atoms with Crippen molar-refractivity contribution in [2.24, 2.45) is 5.92 Å². The molecule has 2 saturated heterocycles. The summed E-state index contributed by atoms with van der Waals surface area (Å²) in [5.41, 5.74) is 2.30. The molecule has 2 aromatic heterocycles. The molecule has 4 heterocycles. The molecule has 19 heavy (non-hydrogen) atoms. The third kappa shape index (κ3) is 1.81. The number of nitrogens with one attached hydrogen (secondary N) is 2. The number of aromatic amines is 1. The standard InChI is InChI=1S/C14H16N4O/c19-14(17-13-8-18-6-4-9(13)7-18)12-2-1-10-11(16-12)3-5-15-10/h1-3,5,9,13,15H,4,6-8H2,(H,17,19). The van der Waals surface area contributed by atoms with Gasteiger partial charge in [0.15, 0.2) is 0 Å². The molecule has 0 aliphatic carbocycles. The van der Waals surface area contributed by atoms with Crippen LogP contribution in [-0.4, -0.2) is 46.5 Å².